The summed E-state index contributed by atoms with van der Waals surface area (Å²) in [6.45, 7) is 16.3. The first-order valence-corrected chi connectivity index (χ1v) is 9.17. The number of hydrogen-bond donors (Lipinski definition) is 1. The third-order valence-corrected chi connectivity index (χ3v) is 5.31. The van der Waals surface area contributed by atoms with Crippen LogP contribution in [0.25, 0.3) is 0 Å². The number of rotatable bonds is 5. The molecule has 2 rings (SSSR count). The van der Waals surface area contributed by atoms with E-state index in [4.69, 9.17) is 4.74 Å². The molecule has 1 fully saturated rings. The summed E-state index contributed by atoms with van der Waals surface area (Å²) in [7, 11) is 0. The second kappa shape index (κ2) is 7.23. The minimum atomic E-state index is -0.335. The van der Waals surface area contributed by atoms with Crippen molar-refractivity contribution in [2.24, 2.45) is 17.3 Å². The predicted octanol–water partition coefficient (Wildman–Crippen LogP) is 5.45. The van der Waals surface area contributed by atoms with E-state index in [2.05, 4.69) is 72.0 Å². The number of ether oxygens (including phenoxy) is 1. The molecule has 1 saturated carbocycles. The van der Waals surface area contributed by atoms with E-state index in [-0.39, 0.29) is 16.9 Å². The third kappa shape index (κ3) is 5.10. The third-order valence-electron chi connectivity index (χ3n) is 5.31. The Morgan fingerprint density at radius 1 is 1.20 bits per heavy atom. The van der Waals surface area contributed by atoms with Crippen LogP contribution in [0.4, 0.5) is 4.79 Å². The number of alkyl carbamates (subject to hydrolysis) is 1. The van der Waals surface area contributed by atoms with Gasteiger partial charge in [0.15, 0.2) is 0 Å². The van der Waals surface area contributed by atoms with Crippen molar-refractivity contribution >= 4 is 6.09 Å². The molecule has 2 unspecified atom stereocenters. The lowest BCUT2D eigenvalue weighted by molar-refractivity contribution is 0.139. The number of nitrogens with one attached hydrogen (secondary N) is 1. The zero-order valence-electron chi connectivity index (χ0n) is 16.8. The molecular weight excluding hydrogens is 310 g/mol. The molecule has 2 atom stereocenters. The van der Waals surface area contributed by atoms with Gasteiger partial charge in [-0.25, -0.2) is 4.79 Å². The lowest BCUT2D eigenvalue weighted by Crippen LogP contribution is -2.27. The molecule has 3 nitrogen and oxygen atoms in total. The van der Waals surface area contributed by atoms with Crippen molar-refractivity contribution in [1.29, 1.82) is 0 Å². The van der Waals surface area contributed by atoms with Crippen molar-refractivity contribution < 1.29 is 9.53 Å². The number of benzene rings is 1. The van der Waals surface area contributed by atoms with Gasteiger partial charge in [-0.2, -0.15) is 0 Å². The summed E-state index contributed by atoms with van der Waals surface area (Å²) in [5.41, 5.74) is 4.02. The summed E-state index contributed by atoms with van der Waals surface area (Å²) in [6.07, 6.45) is 1.98. The van der Waals surface area contributed by atoms with Crippen molar-refractivity contribution in [1.82, 2.24) is 5.32 Å². The molecule has 0 heterocycles. The summed E-state index contributed by atoms with van der Waals surface area (Å²) in [6, 6.07) is 8.27. The van der Waals surface area contributed by atoms with E-state index in [9.17, 15) is 4.79 Å². The van der Waals surface area contributed by atoms with Crippen molar-refractivity contribution in [3.05, 3.63) is 47.0 Å². The largest absolute Gasteiger partial charge is 0.445 e. The van der Waals surface area contributed by atoms with E-state index in [0.29, 0.717) is 25.0 Å². The van der Waals surface area contributed by atoms with Gasteiger partial charge in [0, 0.05) is 6.54 Å². The van der Waals surface area contributed by atoms with Crippen LogP contribution >= 0.6 is 0 Å². The van der Waals surface area contributed by atoms with E-state index in [0.717, 1.165) is 5.56 Å². The van der Waals surface area contributed by atoms with Gasteiger partial charge >= 0.3 is 6.09 Å². The average molecular weight is 344 g/mol. The standard InChI is InChI=1S/C22H33NO2/c1-15(2)12-18-19(22(18,6)7)13-23-20(24)25-14-16-8-10-17(11-9-16)21(3,4)5/h8-12,18-19H,13-14H2,1-7H3,(H,23,24). The van der Waals surface area contributed by atoms with Gasteiger partial charge in [0.1, 0.15) is 6.61 Å². The number of hydrogen-bond acceptors (Lipinski definition) is 2. The summed E-state index contributed by atoms with van der Waals surface area (Å²) in [5.74, 6) is 1.03. The monoisotopic (exact) mass is 343 g/mol. The Bertz CT molecular complexity index is 631. The van der Waals surface area contributed by atoms with Crippen molar-refractivity contribution in [2.75, 3.05) is 6.54 Å². The Labute approximate surface area is 152 Å². The minimum Gasteiger partial charge on any atom is -0.445 e. The zero-order chi connectivity index (χ0) is 18.8. The molecule has 0 saturated heterocycles. The molecule has 0 aromatic heterocycles. The maximum absolute atomic E-state index is 12.0. The maximum atomic E-state index is 12.0. The molecule has 3 heteroatoms. The second-order valence-corrected chi connectivity index (χ2v) is 9.10. The van der Waals surface area contributed by atoms with E-state index >= 15 is 0 Å². The summed E-state index contributed by atoms with van der Waals surface area (Å²) < 4.78 is 5.35. The number of amides is 1. The SMILES string of the molecule is CC(C)=CC1C(CNC(=O)OCc2ccc(C(C)(C)C)cc2)C1(C)C. The lowest BCUT2D eigenvalue weighted by atomic mass is 9.87. The van der Waals surface area contributed by atoms with E-state index < -0.39 is 0 Å². The maximum Gasteiger partial charge on any atom is 0.407 e. The predicted molar refractivity (Wildman–Crippen MR) is 104 cm³/mol. The van der Waals surface area contributed by atoms with Gasteiger partial charge in [-0.3, -0.25) is 0 Å². The molecule has 1 aliphatic carbocycles. The van der Waals surface area contributed by atoms with Gasteiger partial charge in [0.2, 0.25) is 0 Å². The molecule has 1 amide bonds. The van der Waals surface area contributed by atoms with Crippen LogP contribution in [0.15, 0.2) is 35.9 Å². The molecule has 0 spiro atoms. The van der Waals surface area contributed by atoms with Crippen LogP contribution < -0.4 is 5.32 Å². The first-order chi connectivity index (χ1) is 11.5. The Morgan fingerprint density at radius 2 is 1.80 bits per heavy atom. The molecule has 0 aliphatic heterocycles. The number of carbonyl (C=O) groups is 1. The van der Waals surface area contributed by atoms with Crippen LogP contribution in [0.3, 0.4) is 0 Å². The summed E-state index contributed by atoms with van der Waals surface area (Å²) in [5, 5.41) is 2.92. The molecule has 1 N–H and O–H groups in total. The first-order valence-electron chi connectivity index (χ1n) is 9.17. The second-order valence-electron chi connectivity index (χ2n) is 9.10. The van der Waals surface area contributed by atoms with Crippen LogP contribution in [0.1, 0.15) is 59.6 Å². The Kier molecular flexibility index (Phi) is 5.65. The summed E-state index contributed by atoms with van der Waals surface area (Å²) in [4.78, 5) is 12.0. The average Bonchev–Trinajstić information content (AvgIpc) is 3.01. The van der Waals surface area contributed by atoms with Gasteiger partial charge in [0.25, 0.3) is 0 Å². The van der Waals surface area contributed by atoms with Crippen molar-refractivity contribution in [2.45, 2.75) is 60.5 Å². The van der Waals surface area contributed by atoms with Crippen molar-refractivity contribution in [3.63, 3.8) is 0 Å². The molecule has 1 aromatic carbocycles. The molecular formula is C22H33NO2. The van der Waals surface area contributed by atoms with Crippen LogP contribution in [0, 0.1) is 17.3 Å². The quantitative estimate of drug-likeness (QED) is 0.722. The highest BCUT2D eigenvalue weighted by Gasteiger charge is 2.55. The fraction of sp³-hybridized carbons (Fsp3) is 0.591. The Hall–Kier alpha value is -1.77. The first kappa shape index (κ1) is 19.6. The fourth-order valence-electron chi connectivity index (χ4n) is 3.36. The zero-order valence-corrected chi connectivity index (χ0v) is 16.8. The van der Waals surface area contributed by atoms with Crippen molar-refractivity contribution in [3.8, 4) is 0 Å². The van der Waals surface area contributed by atoms with E-state index in [1.807, 2.05) is 12.1 Å². The van der Waals surface area contributed by atoms with Gasteiger partial charge < -0.3 is 10.1 Å². The lowest BCUT2D eigenvalue weighted by Gasteiger charge is -2.19. The van der Waals surface area contributed by atoms with E-state index in [1.54, 1.807) is 0 Å². The number of carbonyl (C=O) groups excluding carboxylic acids is 1. The molecule has 138 valence electrons. The Balaban J connectivity index is 1.77. The van der Waals surface area contributed by atoms with Gasteiger partial charge in [-0.05, 0) is 47.6 Å². The molecule has 25 heavy (non-hydrogen) atoms. The molecule has 1 aliphatic rings. The molecule has 0 radical (unpaired) electrons. The van der Waals surface area contributed by atoms with Crippen LogP contribution in [0.5, 0.6) is 0 Å². The minimum absolute atomic E-state index is 0.135. The highest BCUT2D eigenvalue weighted by atomic mass is 16.5. The smallest absolute Gasteiger partial charge is 0.407 e. The highest BCUT2D eigenvalue weighted by Crippen LogP contribution is 2.58. The fourth-order valence-corrected chi connectivity index (χ4v) is 3.36. The number of allylic oxidation sites excluding steroid dienone is 2. The molecule has 0 bridgehead atoms. The van der Waals surface area contributed by atoms with Gasteiger partial charge in [-0.1, -0.05) is 70.5 Å². The van der Waals surface area contributed by atoms with Gasteiger partial charge in [0.05, 0.1) is 0 Å². The van der Waals surface area contributed by atoms with E-state index in [1.165, 1.54) is 11.1 Å². The highest BCUT2D eigenvalue weighted by molar-refractivity contribution is 5.67. The topological polar surface area (TPSA) is 38.3 Å². The Morgan fingerprint density at radius 3 is 2.32 bits per heavy atom. The van der Waals surface area contributed by atoms with Crippen LogP contribution in [0.2, 0.25) is 0 Å². The van der Waals surface area contributed by atoms with Crippen LogP contribution in [-0.4, -0.2) is 12.6 Å². The normalized spacial score (nSPS) is 21.4. The summed E-state index contributed by atoms with van der Waals surface area (Å²) >= 11 is 0. The van der Waals surface area contributed by atoms with Gasteiger partial charge in [-0.15, -0.1) is 0 Å². The van der Waals surface area contributed by atoms with Crippen LogP contribution in [-0.2, 0) is 16.8 Å². The molecule has 1 aromatic rings.